The minimum absolute atomic E-state index is 0.821. The highest BCUT2D eigenvalue weighted by molar-refractivity contribution is 5.81. The Morgan fingerprint density at radius 3 is 2.33 bits per heavy atom. The van der Waals surface area contributed by atoms with E-state index in [1.807, 2.05) is 6.92 Å². The summed E-state index contributed by atoms with van der Waals surface area (Å²) >= 11 is 0. The molecule has 0 bridgehead atoms. The van der Waals surface area contributed by atoms with Crippen molar-refractivity contribution in [1.29, 1.82) is 0 Å². The Balaban J connectivity index is 3.41. The molecule has 0 aliphatic carbocycles. The Bertz CT molecular complexity index is 130. The van der Waals surface area contributed by atoms with Gasteiger partial charge in [0.2, 0.25) is 0 Å². The molecule has 1 N–H and O–H groups in total. The van der Waals surface area contributed by atoms with Gasteiger partial charge in [0.1, 0.15) is 0 Å². The first-order valence-corrected chi connectivity index (χ1v) is 4.64. The second-order valence-electron chi connectivity index (χ2n) is 2.97. The number of oxime groups is 1. The van der Waals surface area contributed by atoms with Crippen LogP contribution in [0.4, 0.5) is 0 Å². The summed E-state index contributed by atoms with van der Waals surface area (Å²) < 4.78 is 0. The molecule has 72 valence electrons. The second kappa shape index (κ2) is 7.10. The third kappa shape index (κ3) is 5.13. The minimum Gasteiger partial charge on any atom is -0.411 e. The number of hydrogen-bond donors (Lipinski definition) is 1. The summed E-state index contributed by atoms with van der Waals surface area (Å²) in [7, 11) is 0. The van der Waals surface area contributed by atoms with Gasteiger partial charge in [-0.05, 0) is 39.4 Å². The summed E-state index contributed by atoms with van der Waals surface area (Å²) in [6, 6.07) is 0. The van der Waals surface area contributed by atoms with E-state index in [0.29, 0.717) is 0 Å². The van der Waals surface area contributed by atoms with Crippen molar-refractivity contribution in [3.63, 3.8) is 0 Å². The summed E-state index contributed by atoms with van der Waals surface area (Å²) in [5, 5.41) is 11.5. The van der Waals surface area contributed by atoms with Gasteiger partial charge in [-0.1, -0.05) is 19.0 Å². The molecule has 0 amide bonds. The van der Waals surface area contributed by atoms with E-state index in [1.54, 1.807) is 0 Å². The first kappa shape index (κ1) is 11.4. The molecule has 0 aliphatic heterocycles. The molecule has 0 rings (SSSR count). The van der Waals surface area contributed by atoms with Crippen LogP contribution in [-0.2, 0) is 0 Å². The van der Waals surface area contributed by atoms with E-state index < -0.39 is 0 Å². The highest BCUT2D eigenvalue weighted by atomic mass is 16.4. The lowest BCUT2D eigenvalue weighted by molar-refractivity contribution is 0.298. The molecule has 0 unspecified atom stereocenters. The van der Waals surface area contributed by atoms with Crippen LogP contribution in [0.5, 0.6) is 0 Å². The van der Waals surface area contributed by atoms with Crippen LogP contribution < -0.4 is 0 Å². The summed E-state index contributed by atoms with van der Waals surface area (Å²) in [5.74, 6) is 0. The molecule has 0 aromatic heterocycles. The van der Waals surface area contributed by atoms with Crippen LogP contribution in [0.25, 0.3) is 0 Å². The SMILES string of the molecule is CCN(CC)CCCC(C)=NO. The zero-order chi connectivity index (χ0) is 9.40. The van der Waals surface area contributed by atoms with E-state index in [0.717, 1.165) is 38.2 Å². The molecular formula is C9H20N2O. The van der Waals surface area contributed by atoms with E-state index in [2.05, 4.69) is 23.9 Å². The van der Waals surface area contributed by atoms with Gasteiger partial charge in [0.05, 0.1) is 5.71 Å². The van der Waals surface area contributed by atoms with Crippen molar-refractivity contribution in [2.75, 3.05) is 19.6 Å². The third-order valence-corrected chi connectivity index (χ3v) is 2.08. The number of rotatable bonds is 6. The smallest absolute Gasteiger partial charge is 0.0540 e. The maximum Gasteiger partial charge on any atom is 0.0540 e. The third-order valence-electron chi connectivity index (χ3n) is 2.08. The van der Waals surface area contributed by atoms with E-state index in [1.165, 1.54) is 0 Å². The van der Waals surface area contributed by atoms with E-state index in [9.17, 15) is 0 Å². The van der Waals surface area contributed by atoms with Crippen molar-refractivity contribution >= 4 is 5.71 Å². The Labute approximate surface area is 75.1 Å². The lowest BCUT2D eigenvalue weighted by atomic mass is 10.2. The molecule has 0 saturated heterocycles. The van der Waals surface area contributed by atoms with Gasteiger partial charge in [0.25, 0.3) is 0 Å². The molecule has 3 heteroatoms. The molecule has 0 aliphatic rings. The lowest BCUT2D eigenvalue weighted by Crippen LogP contribution is -2.24. The van der Waals surface area contributed by atoms with Gasteiger partial charge in [-0.3, -0.25) is 0 Å². The molecule has 0 aromatic rings. The van der Waals surface area contributed by atoms with Crippen molar-refractivity contribution in [1.82, 2.24) is 4.90 Å². The highest BCUT2D eigenvalue weighted by Crippen LogP contribution is 1.96. The summed E-state index contributed by atoms with van der Waals surface area (Å²) in [4.78, 5) is 2.37. The van der Waals surface area contributed by atoms with E-state index in [-0.39, 0.29) is 0 Å². The molecule has 0 fully saturated rings. The van der Waals surface area contributed by atoms with Gasteiger partial charge in [-0.2, -0.15) is 0 Å². The number of hydrogen-bond acceptors (Lipinski definition) is 3. The summed E-state index contributed by atoms with van der Waals surface area (Å²) in [6.07, 6.45) is 1.98. The Morgan fingerprint density at radius 1 is 1.33 bits per heavy atom. The van der Waals surface area contributed by atoms with Gasteiger partial charge in [-0.25, -0.2) is 0 Å². The first-order chi connectivity index (χ1) is 5.74. The van der Waals surface area contributed by atoms with Crippen molar-refractivity contribution in [3.8, 4) is 0 Å². The van der Waals surface area contributed by atoms with Crippen molar-refractivity contribution in [2.45, 2.75) is 33.6 Å². The van der Waals surface area contributed by atoms with Gasteiger partial charge >= 0.3 is 0 Å². The predicted molar refractivity (Wildman–Crippen MR) is 51.9 cm³/mol. The Morgan fingerprint density at radius 2 is 1.92 bits per heavy atom. The average molecular weight is 172 g/mol. The normalized spacial score (nSPS) is 12.5. The standard InChI is InChI=1S/C9H20N2O/c1-4-11(5-2)8-6-7-9(3)10-12/h12H,4-8H2,1-3H3. The predicted octanol–water partition coefficient (Wildman–Crippen LogP) is 1.96. The molecule has 0 saturated carbocycles. The van der Waals surface area contributed by atoms with Gasteiger partial charge in [-0.15, -0.1) is 0 Å². The van der Waals surface area contributed by atoms with Crippen LogP contribution in [-0.4, -0.2) is 35.5 Å². The van der Waals surface area contributed by atoms with Crippen molar-refractivity contribution < 1.29 is 5.21 Å². The molecular weight excluding hydrogens is 152 g/mol. The average Bonchev–Trinajstić information content (AvgIpc) is 2.12. The van der Waals surface area contributed by atoms with Crippen LogP contribution in [0, 0.1) is 0 Å². The maximum atomic E-state index is 8.39. The second-order valence-corrected chi connectivity index (χ2v) is 2.97. The van der Waals surface area contributed by atoms with E-state index >= 15 is 0 Å². The van der Waals surface area contributed by atoms with Crippen LogP contribution >= 0.6 is 0 Å². The maximum absolute atomic E-state index is 8.39. The fourth-order valence-electron chi connectivity index (χ4n) is 1.15. The molecule has 0 spiro atoms. The number of nitrogens with zero attached hydrogens (tertiary/aromatic N) is 2. The van der Waals surface area contributed by atoms with Gasteiger partial charge < -0.3 is 10.1 Å². The summed E-state index contributed by atoms with van der Waals surface area (Å²) in [6.45, 7) is 9.48. The Kier molecular flexibility index (Phi) is 6.76. The quantitative estimate of drug-likeness (QED) is 0.377. The Hall–Kier alpha value is -0.570. The summed E-state index contributed by atoms with van der Waals surface area (Å²) in [5.41, 5.74) is 0.821. The van der Waals surface area contributed by atoms with Crippen molar-refractivity contribution in [2.24, 2.45) is 5.16 Å². The van der Waals surface area contributed by atoms with Gasteiger partial charge in [0.15, 0.2) is 0 Å². The molecule has 0 heterocycles. The minimum atomic E-state index is 0.821. The fourth-order valence-corrected chi connectivity index (χ4v) is 1.15. The first-order valence-electron chi connectivity index (χ1n) is 4.64. The molecule has 12 heavy (non-hydrogen) atoms. The van der Waals surface area contributed by atoms with Crippen LogP contribution in [0.3, 0.4) is 0 Å². The largest absolute Gasteiger partial charge is 0.411 e. The fraction of sp³-hybridized carbons (Fsp3) is 0.889. The molecule has 3 nitrogen and oxygen atoms in total. The monoisotopic (exact) mass is 172 g/mol. The van der Waals surface area contributed by atoms with E-state index in [4.69, 9.17) is 5.21 Å². The van der Waals surface area contributed by atoms with Crippen molar-refractivity contribution in [3.05, 3.63) is 0 Å². The molecule has 0 aromatic carbocycles. The zero-order valence-corrected chi connectivity index (χ0v) is 8.38. The highest BCUT2D eigenvalue weighted by Gasteiger charge is 1.98. The molecule has 0 atom stereocenters. The van der Waals surface area contributed by atoms with Crippen LogP contribution in [0.1, 0.15) is 33.6 Å². The van der Waals surface area contributed by atoms with Crippen LogP contribution in [0.2, 0.25) is 0 Å². The lowest BCUT2D eigenvalue weighted by Gasteiger charge is -2.17. The van der Waals surface area contributed by atoms with Gasteiger partial charge in [0, 0.05) is 0 Å². The topological polar surface area (TPSA) is 35.8 Å². The molecule has 0 radical (unpaired) electrons. The van der Waals surface area contributed by atoms with Crippen LogP contribution in [0.15, 0.2) is 5.16 Å². The zero-order valence-electron chi connectivity index (χ0n) is 8.38.